The molecule has 174 valence electrons. The summed E-state index contributed by atoms with van der Waals surface area (Å²) in [5.74, 6) is 0.433. The van der Waals surface area contributed by atoms with Crippen molar-refractivity contribution in [2.45, 2.75) is 51.4 Å². The lowest BCUT2D eigenvalue weighted by Gasteiger charge is -2.19. The quantitative estimate of drug-likeness (QED) is 0.192. The van der Waals surface area contributed by atoms with Gasteiger partial charge in [0.1, 0.15) is 0 Å². The highest BCUT2D eigenvalue weighted by Crippen LogP contribution is 2.31. The van der Waals surface area contributed by atoms with Gasteiger partial charge in [0.25, 0.3) is 0 Å². The third-order valence-corrected chi connectivity index (χ3v) is 6.64. The number of rotatable bonds is 10. The molecular formula is C32H36N2. The van der Waals surface area contributed by atoms with Gasteiger partial charge in [-0.3, -0.25) is 0 Å². The zero-order valence-electron chi connectivity index (χ0n) is 20.2. The van der Waals surface area contributed by atoms with E-state index in [0.717, 1.165) is 24.2 Å². The van der Waals surface area contributed by atoms with Crippen molar-refractivity contribution in [2.24, 2.45) is 0 Å². The molecule has 4 N–H and O–H groups in total. The molecule has 0 aromatic heterocycles. The Labute approximate surface area is 204 Å². The minimum atomic E-state index is 0.433. The maximum atomic E-state index is 5.83. The second-order valence-corrected chi connectivity index (χ2v) is 9.37. The lowest BCUT2D eigenvalue weighted by atomic mass is 9.85. The lowest BCUT2D eigenvalue weighted by molar-refractivity contribution is 0.618. The molecule has 0 aliphatic carbocycles. The highest BCUT2D eigenvalue weighted by Gasteiger charge is 2.14. The Morgan fingerprint density at radius 3 is 1.21 bits per heavy atom. The fourth-order valence-corrected chi connectivity index (χ4v) is 4.60. The minimum Gasteiger partial charge on any atom is -0.399 e. The number of benzene rings is 4. The molecule has 0 saturated heterocycles. The highest BCUT2D eigenvalue weighted by molar-refractivity contribution is 5.43. The Morgan fingerprint density at radius 1 is 0.500 bits per heavy atom. The van der Waals surface area contributed by atoms with Crippen LogP contribution in [0.4, 0.5) is 11.4 Å². The Bertz CT molecular complexity index is 1050. The topological polar surface area (TPSA) is 52.0 Å². The standard InChI is InChI=1S/C32H36N2/c1-2-3-4-5-32(28-14-6-24(7-15-28)22-26-10-18-30(33)19-11-26)29-16-8-25(9-17-29)23-27-12-20-31(34)21-13-27/h6-21,32H,2-5,22-23,33-34H2,1H3. The largest absolute Gasteiger partial charge is 0.399 e. The summed E-state index contributed by atoms with van der Waals surface area (Å²) in [6.07, 6.45) is 6.82. The van der Waals surface area contributed by atoms with E-state index < -0.39 is 0 Å². The summed E-state index contributed by atoms with van der Waals surface area (Å²) in [7, 11) is 0. The van der Waals surface area contributed by atoms with Crippen LogP contribution in [0.3, 0.4) is 0 Å². The van der Waals surface area contributed by atoms with Crippen LogP contribution in [0, 0.1) is 0 Å². The molecule has 0 saturated carbocycles. The molecule has 0 bridgehead atoms. The van der Waals surface area contributed by atoms with Gasteiger partial charge >= 0.3 is 0 Å². The molecule has 2 nitrogen and oxygen atoms in total. The first-order chi connectivity index (χ1) is 16.6. The molecule has 34 heavy (non-hydrogen) atoms. The van der Waals surface area contributed by atoms with Gasteiger partial charge in [0.05, 0.1) is 0 Å². The normalized spacial score (nSPS) is 11.1. The first-order valence-corrected chi connectivity index (χ1v) is 12.5. The van der Waals surface area contributed by atoms with Crippen molar-refractivity contribution >= 4 is 11.4 Å². The molecule has 4 aromatic rings. The van der Waals surface area contributed by atoms with Gasteiger partial charge in [0.15, 0.2) is 0 Å². The molecule has 0 amide bonds. The SMILES string of the molecule is CCCCCC(c1ccc(Cc2ccc(N)cc2)cc1)c1ccc(Cc2ccc(N)cc2)cc1. The number of hydrogen-bond donors (Lipinski definition) is 2. The van der Waals surface area contributed by atoms with E-state index in [1.807, 2.05) is 24.3 Å². The zero-order chi connectivity index (χ0) is 23.8. The molecule has 0 unspecified atom stereocenters. The fraction of sp³-hybridized carbons (Fsp3) is 0.250. The van der Waals surface area contributed by atoms with Crippen LogP contribution in [0.15, 0.2) is 97.1 Å². The summed E-state index contributed by atoms with van der Waals surface area (Å²) in [4.78, 5) is 0. The third-order valence-electron chi connectivity index (χ3n) is 6.64. The van der Waals surface area contributed by atoms with E-state index in [2.05, 4.69) is 79.7 Å². The molecule has 0 fully saturated rings. The number of anilines is 2. The van der Waals surface area contributed by atoms with Crippen molar-refractivity contribution in [1.82, 2.24) is 0 Å². The molecule has 0 aliphatic rings. The van der Waals surface area contributed by atoms with E-state index in [0.29, 0.717) is 5.92 Å². The van der Waals surface area contributed by atoms with Crippen LogP contribution in [-0.2, 0) is 12.8 Å². The average molecular weight is 449 g/mol. The summed E-state index contributed by atoms with van der Waals surface area (Å²) in [6, 6.07) is 34.8. The van der Waals surface area contributed by atoms with Crippen LogP contribution < -0.4 is 11.5 Å². The Morgan fingerprint density at radius 2 is 0.853 bits per heavy atom. The highest BCUT2D eigenvalue weighted by atomic mass is 14.5. The van der Waals surface area contributed by atoms with Crippen molar-refractivity contribution in [3.05, 3.63) is 130 Å². The van der Waals surface area contributed by atoms with Gasteiger partial charge in [-0.1, -0.05) is 99.0 Å². The Balaban J connectivity index is 1.49. The van der Waals surface area contributed by atoms with E-state index in [9.17, 15) is 0 Å². The molecule has 2 heteroatoms. The maximum absolute atomic E-state index is 5.83. The van der Waals surface area contributed by atoms with Gasteiger partial charge in [0, 0.05) is 17.3 Å². The van der Waals surface area contributed by atoms with Crippen LogP contribution in [-0.4, -0.2) is 0 Å². The molecule has 4 aromatic carbocycles. The van der Waals surface area contributed by atoms with Crippen molar-refractivity contribution in [3.63, 3.8) is 0 Å². The number of hydrogen-bond acceptors (Lipinski definition) is 2. The van der Waals surface area contributed by atoms with Gasteiger partial charge in [-0.2, -0.15) is 0 Å². The second-order valence-electron chi connectivity index (χ2n) is 9.37. The van der Waals surface area contributed by atoms with Crippen LogP contribution in [0.25, 0.3) is 0 Å². The number of nitrogens with two attached hydrogens (primary N) is 2. The minimum absolute atomic E-state index is 0.433. The third kappa shape index (κ3) is 6.51. The lowest BCUT2D eigenvalue weighted by Crippen LogP contribution is -2.02. The van der Waals surface area contributed by atoms with E-state index in [-0.39, 0.29) is 0 Å². The van der Waals surface area contributed by atoms with Gasteiger partial charge in [0.2, 0.25) is 0 Å². The summed E-state index contributed by atoms with van der Waals surface area (Å²) < 4.78 is 0. The maximum Gasteiger partial charge on any atom is 0.0314 e. The first-order valence-electron chi connectivity index (χ1n) is 12.5. The van der Waals surface area contributed by atoms with Crippen LogP contribution in [0.2, 0.25) is 0 Å². The molecule has 0 atom stereocenters. The smallest absolute Gasteiger partial charge is 0.0314 e. The number of unbranched alkanes of at least 4 members (excludes halogenated alkanes) is 2. The second kappa shape index (κ2) is 11.6. The van der Waals surface area contributed by atoms with Crippen molar-refractivity contribution < 1.29 is 0 Å². The molecule has 0 heterocycles. The summed E-state index contributed by atoms with van der Waals surface area (Å²) in [5.41, 5.74) is 21.3. The Kier molecular flexibility index (Phi) is 8.04. The van der Waals surface area contributed by atoms with E-state index in [1.165, 1.54) is 59.1 Å². The van der Waals surface area contributed by atoms with E-state index in [4.69, 9.17) is 11.5 Å². The molecule has 0 aliphatic heterocycles. The molecule has 0 radical (unpaired) electrons. The summed E-state index contributed by atoms with van der Waals surface area (Å²) >= 11 is 0. The van der Waals surface area contributed by atoms with Crippen LogP contribution in [0.1, 0.15) is 71.9 Å². The average Bonchev–Trinajstić information content (AvgIpc) is 2.86. The molecule has 0 spiro atoms. The van der Waals surface area contributed by atoms with Crippen LogP contribution >= 0.6 is 0 Å². The molecule has 4 rings (SSSR count). The Hall–Kier alpha value is -3.52. The number of nitrogen functional groups attached to an aromatic ring is 2. The predicted octanol–water partition coefficient (Wildman–Crippen LogP) is 7.74. The van der Waals surface area contributed by atoms with Gasteiger partial charge < -0.3 is 11.5 Å². The molecular weight excluding hydrogens is 412 g/mol. The zero-order valence-corrected chi connectivity index (χ0v) is 20.2. The van der Waals surface area contributed by atoms with E-state index >= 15 is 0 Å². The predicted molar refractivity (Wildman–Crippen MR) is 146 cm³/mol. The van der Waals surface area contributed by atoms with Crippen molar-refractivity contribution in [1.29, 1.82) is 0 Å². The van der Waals surface area contributed by atoms with Gasteiger partial charge in [-0.25, -0.2) is 0 Å². The van der Waals surface area contributed by atoms with E-state index in [1.54, 1.807) is 0 Å². The first kappa shape index (κ1) is 23.6. The van der Waals surface area contributed by atoms with Crippen molar-refractivity contribution in [2.75, 3.05) is 11.5 Å². The van der Waals surface area contributed by atoms with Crippen molar-refractivity contribution in [3.8, 4) is 0 Å². The van der Waals surface area contributed by atoms with Gasteiger partial charge in [-0.15, -0.1) is 0 Å². The summed E-state index contributed by atoms with van der Waals surface area (Å²) in [5, 5.41) is 0. The fourth-order valence-electron chi connectivity index (χ4n) is 4.60. The monoisotopic (exact) mass is 448 g/mol. The van der Waals surface area contributed by atoms with Crippen LogP contribution in [0.5, 0.6) is 0 Å². The van der Waals surface area contributed by atoms with Gasteiger partial charge in [-0.05, 0) is 76.9 Å². The summed E-state index contributed by atoms with van der Waals surface area (Å²) in [6.45, 7) is 2.27.